The van der Waals surface area contributed by atoms with Gasteiger partial charge in [-0.15, -0.1) is 11.3 Å². The molecular weight excluding hydrogens is 350 g/mol. The maximum Gasteiger partial charge on any atom is 0.266 e. The van der Waals surface area contributed by atoms with Crippen LogP contribution in [0.1, 0.15) is 53.4 Å². The number of aliphatic imine (C=N–C) groups is 2. The van der Waals surface area contributed by atoms with Crippen molar-refractivity contribution in [1.82, 2.24) is 9.78 Å². The largest absolute Gasteiger partial charge is 0.306 e. The van der Waals surface area contributed by atoms with E-state index in [1.54, 1.807) is 6.07 Å². The van der Waals surface area contributed by atoms with Gasteiger partial charge in [-0.05, 0) is 43.6 Å². The second-order valence-electron chi connectivity index (χ2n) is 6.87. The van der Waals surface area contributed by atoms with Crippen LogP contribution in [0.5, 0.6) is 0 Å². The van der Waals surface area contributed by atoms with Crippen molar-refractivity contribution in [2.24, 2.45) is 15.9 Å². The van der Waals surface area contributed by atoms with Gasteiger partial charge < -0.3 is 5.32 Å². The molecule has 2 aromatic heterocycles. The third-order valence-electron chi connectivity index (χ3n) is 4.98. The van der Waals surface area contributed by atoms with Gasteiger partial charge in [-0.1, -0.05) is 6.07 Å². The summed E-state index contributed by atoms with van der Waals surface area (Å²) in [6.45, 7) is 0. The molecule has 1 atom stereocenters. The summed E-state index contributed by atoms with van der Waals surface area (Å²) in [5.74, 6) is 0.676. The van der Waals surface area contributed by atoms with Gasteiger partial charge in [-0.25, -0.2) is 4.99 Å². The van der Waals surface area contributed by atoms with Crippen molar-refractivity contribution in [2.45, 2.75) is 38.0 Å². The summed E-state index contributed by atoms with van der Waals surface area (Å²) in [6.07, 6.45) is 4.80. The number of nitrogens with zero attached hydrogens (tertiary/aromatic N) is 4. The number of hydrogen-bond acceptors (Lipinski definition) is 5. The van der Waals surface area contributed by atoms with Crippen molar-refractivity contribution in [1.29, 1.82) is 0 Å². The fourth-order valence-corrected chi connectivity index (χ4v) is 4.08. The minimum Gasteiger partial charge on any atom is -0.306 e. The van der Waals surface area contributed by atoms with Gasteiger partial charge in [0.1, 0.15) is 5.82 Å². The zero-order chi connectivity index (χ0) is 17.7. The van der Waals surface area contributed by atoms with Gasteiger partial charge in [0.05, 0.1) is 16.5 Å². The molecule has 1 unspecified atom stereocenters. The standard InChI is InChI=1S/C18H17N5O2S/c24-16-11-3-1-4-12(11)19-18(21-16)23-15(9-13(22-23)10-6-7-10)20-17(25)14-5-2-8-26-14/h2,5,8-11H,1,3-4,6-7H2,(H,20,25). The Kier molecular flexibility index (Phi) is 3.59. The maximum atomic E-state index is 12.5. The quantitative estimate of drug-likeness (QED) is 0.904. The molecule has 7 nitrogen and oxygen atoms in total. The van der Waals surface area contributed by atoms with Crippen molar-refractivity contribution in [3.05, 3.63) is 34.2 Å². The number of hydrogen-bond donors (Lipinski definition) is 1. The number of anilines is 1. The van der Waals surface area contributed by atoms with Crippen LogP contribution in [0.25, 0.3) is 0 Å². The highest BCUT2D eigenvalue weighted by atomic mass is 32.1. The van der Waals surface area contributed by atoms with Crippen LogP contribution in [0.15, 0.2) is 33.6 Å². The van der Waals surface area contributed by atoms with E-state index in [1.807, 2.05) is 17.5 Å². The van der Waals surface area contributed by atoms with E-state index in [4.69, 9.17) is 0 Å². The molecule has 0 spiro atoms. The number of rotatable bonds is 3. The molecule has 5 rings (SSSR count). The molecule has 0 radical (unpaired) electrons. The van der Waals surface area contributed by atoms with Gasteiger partial charge in [0.15, 0.2) is 0 Å². The Morgan fingerprint density at radius 1 is 1.27 bits per heavy atom. The molecule has 2 fully saturated rings. The Labute approximate surface area is 153 Å². The minimum atomic E-state index is -0.197. The van der Waals surface area contributed by atoms with Crippen molar-refractivity contribution < 1.29 is 9.59 Å². The first-order valence-corrected chi connectivity index (χ1v) is 9.72. The first-order chi connectivity index (χ1) is 12.7. The van der Waals surface area contributed by atoms with Gasteiger partial charge in [0.25, 0.3) is 17.8 Å². The lowest BCUT2D eigenvalue weighted by atomic mass is 10.1. The van der Waals surface area contributed by atoms with Gasteiger partial charge in [-0.3, -0.25) is 9.59 Å². The molecule has 0 saturated heterocycles. The fraction of sp³-hybridized carbons (Fsp3) is 0.389. The molecule has 2 saturated carbocycles. The van der Waals surface area contributed by atoms with Gasteiger partial charge in [-0.2, -0.15) is 14.8 Å². The molecule has 0 aromatic carbocycles. The van der Waals surface area contributed by atoms with E-state index < -0.39 is 0 Å². The van der Waals surface area contributed by atoms with E-state index in [-0.39, 0.29) is 23.7 Å². The van der Waals surface area contributed by atoms with Crippen LogP contribution in [0.4, 0.5) is 5.82 Å². The number of aromatic nitrogens is 2. The summed E-state index contributed by atoms with van der Waals surface area (Å²) in [6, 6.07) is 5.48. The van der Waals surface area contributed by atoms with E-state index >= 15 is 0 Å². The second kappa shape index (κ2) is 5.98. The molecule has 2 aliphatic carbocycles. The number of fused-ring (bicyclic) bond motifs is 1. The summed E-state index contributed by atoms with van der Waals surface area (Å²) >= 11 is 1.38. The van der Waals surface area contributed by atoms with E-state index in [1.165, 1.54) is 16.0 Å². The molecule has 8 heteroatoms. The highest BCUT2D eigenvalue weighted by Gasteiger charge is 2.35. The average Bonchev–Trinajstić information content (AvgIpc) is 3.06. The van der Waals surface area contributed by atoms with Crippen molar-refractivity contribution in [3.8, 4) is 0 Å². The lowest BCUT2D eigenvalue weighted by Crippen LogP contribution is -2.29. The predicted molar refractivity (Wildman–Crippen MR) is 99.1 cm³/mol. The first-order valence-electron chi connectivity index (χ1n) is 8.84. The Balaban J connectivity index is 1.51. The zero-order valence-electron chi connectivity index (χ0n) is 14.0. The third-order valence-corrected chi connectivity index (χ3v) is 5.85. The number of thiophene rings is 1. The fourth-order valence-electron chi connectivity index (χ4n) is 3.46. The second-order valence-corrected chi connectivity index (χ2v) is 7.82. The molecule has 3 heterocycles. The Bertz CT molecular complexity index is 952. The van der Waals surface area contributed by atoms with E-state index in [9.17, 15) is 9.59 Å². The molecule has 3 aliphatic rings. The van der Waals surface area contributed by atoms with Crippen LogP contribution in [-0.2, 0) is 4.79 Å². The van der Waals surface area contributed by atoms with E-state index in [0.29, 0.717) is 16.6 Å². The summed E-state index contributed by atoms with van der Waals surface area (Å²) in [5.41, 5.74) is 1.80. The van der Waals surface area contributed by atoms with Crippen LogP contribution in [0.2, 0.25) is 0 Å². The van der Waals surface area contributed by atoms with Gasteiger partial charge in [0, 0.05) is 17.7 Å². The van der Waals surface area contributed by atoms with Crippen LogP contribution < -0.4 is 5.32 Å². The molecule has 2 aromatic rings. The molecule has 1 N–H and O–H groups in total. The molecule has 26 heavy (non-hydrogen) atoms. The first kappa shape index (κ1) is 15.6. The lowest BCUT2D eigenvalue weighted by molar-refractivity contribution is -0.119. The molecule has 132 valence electrons. The monoisotopic (exact) mass is 367 g/mol. The Hall–Kier alpha value is -2.61. The smallest absolute Gasteiger partial charge is 0.266 e. The third kappa shape index (κ3) is 2.70. The van der Waals surface area contributed by atoms with Crippen LogP contribution in [0, 0.1) is 5.92 Å². The Morgan fingerprint density at radius 3 is 2.92 bits per heavy atom. The van der Waals surface area contributed by atoms with Crippen molar-refractivity contribution in [2.75, 3.05) is 5.32 Å². The van der Waals surface area contributed by atoms with Crippen molar-refractivity contribution in [3.63, 3.8) is 0 Å². The maximum absolute atomic E-state index is 12.5. The molecule has 1 aliphatic heterocycles. The summed E-state index contributed by atoms with van der Waals surface area (Å²) in [7, 11) is 0. The van der Waals surface area contributed by atoms with E-state index in [2.05, 4.69) is 20.4 Å². The molecular formula is C18H17N5O2S. The zero-order valence-corrected chi connectivity index (χ0v) is 14.8. The summed E-state index contributed by atoms with van der Waals surface area (Å²) in [4.78, 5) is 34.2. The Morgan fingerprint density at radius 2 is 2.15 bits per heavy atom. The SMILES string of the molecule is O=C(Nc1cc(C2CC2)nn1C1=NC(=O)C2CCCC2=N1)c1cccs1. The highest BCUT2D eigenvalue weighted by Crippen LogP contribution is 2.40. The van der Waals surface area contributed by atoms with Crippen molar-refractivity contribution >= 4 is 40.6 Å². The van der Waals surface area contributed by atoms with Crippen LogP contribution in [-0.4, -0.2) is 33.3 Å². The summed E-state index contributed by atoms with van der Waals surface area (Å²) < 4.78 is 1.51. The van der Waals surface area contributed by atoms with E-state index in [0.717, 1.165) is 43.5 Å². The number of carbonyl (C=O) groups is 2. The van der Waals surface area contributed by atoms with Crippen LogP contribution in [0.3, 0.4) is 0 Å². The number of nitrogens with one attached hydrogen (secondary N) is 1. The normalized spacial score (nSPS) is 22.0. The number of carbonyl (C=O) groups excluding carboxylic acids is 2. The van der Waals surface area contributed by atoms with Gasteiger partial charge in [0.2, 0.25) is 0 Å². The topological polar surface area (TPSA) is 88.7 Å². The lowest BCUT2D eigenvalue weighted by Gasteiger charge is -2.15. The number of amides is 2. The predicted octanol–water partition coefficient (Wildman–Crippen LogP) is 3.06. The summed E-state index contributed by atoms with van der Waals surface area (Å²) in [5, 5.41) is 9.35. The average molecular weight is 367 g/mol. The minimum absolute atomic E-state index is 0.151. The van der Waals surface area contributed by atoms with Gasteiger partial charge >= 0.3 is 0 Å². The molecule has 0 bridgehead atoms. The highest BCUT2D eigenvalue weighted by molar-refractivity contribution is 7.12. The van der Waals surface area contributed by atoms with Crippen LogP contribution >= 0.6 is 11.3 Å². The molecule has 2 amide bonds.